The van der Waals surface area contributed by atoms with E-state index in [0.29, 0.717) is 17.9 Å². The van der Waals surface area contributed by atoms with Crippen molar-refractivity contribution in [2.75, 3.05) is 13.2 Å². The zero-order valence-electron chi connectivity index (χ0n) is 14.8. The Morgan fingerprint density at radius 1 is 1.15 bits per heavy atom. The Kier molecular flexibility index (Phi) is 6.10. The molecule has 27 heavy (non-hydrogen) atoms. The van der Waals surface area contributed by atoms with Crippen LogP contribution in [0, 0.1) is 0 Å². The summed E-state index contributed by atoms with van der Waals surface area (Å²) in [7, 11) is -3.72. The minimum Gasteiger partial charge on any atom is -0.491 e. The standard InChI is InChI=1S/C19H22N2O5S/c20-27(23,24)18-9-3-14(4-10-18)12-21-19(22)15-5-7-16(8-6-15)26-13-17-2-1-11-25-17/h3-10,17H,1-2,11-13H2,(H,21,22)(H2,20,23,24)/t17-/m1/s1. The van der Waals surface area contributed by atoms with Crippen LogP contribution in [0.25, 0.3) is 0 Å². The minimum absolute atomic E-state index is 0.0381. The van der Waals surface area contributed by atoms with Crippen LogP contribution in [0.5, 0.6) is 5.75 Å². The number of hydrogen-bond donors (Lipinski definition) is 2. The fraction of sp³-hybridized carbons (Fsp3) is 0.316. The molecule has 2 aromatic carbocycles. The number of nitrogens with two attached hydrogens (primary N) is 1. The number of carbonyl (C=O) groups excluding carboxylic acids is 1. The van der Waals surface area contributed by atoms with E-state index in [4.69, 9.17) is 14.6 Å². The van der Waals surface area contributed by atoms with Gasteiger partial charge in [-0.3, -0.25) is 4.79 Å². The molecule has 0 aliphatic carbocycles. The van der Waals surface area contributed by atoms with Gasteiger partial charge in [0.2, 0.25) is 10.0 Å². The van der Waals surface area contributed by atoms with Crippen molar-refractivity contribution in [1.82, 2.24) is 5.32 Å². The number of ether oxygens (including phenoxy) is 2. The predicted molar refractivity (Wildman–Crippen MR) is 99.9 cm³/mol. The summed E-state index contributed by atoms with van der Waals surface area (Å²) in [4.78, 5) is 12.3. The van der Waals surface area contributed by atoms with Gasteiger partial charge in [0.15, 0.2) is 0 Å². The molecule has 0 aromatic heterocycles. The van der Waals surface area contributed by atoms with Crippen molar-refractivity contribution in [3.8, 4) is 5.75 Å². The lowest BCUT2D eigenvalue weighted by atomic mass is 10.2. The summed E-state index contributed by atoms with van der Waals surface area (Å²) >= 11 is 0. The SMILES string of the molecule is NS(=O)(=O)c1ccc(CNC(=O)c2ccc(OC[C@H]3CCCO3)cc2)cc1. The number of primary sulfonamides is 1. The molecule has 1 aliphatic heterocycles. The fourth-order valence-electron chi connectivity index (χ4n) is 2.75. The van der Waals surface area contributed by atoms with Gasteiger partial charge < -0.3 is 14.8 Å². The third-order valence-electron chi connectivity index (χ3n) is 4.28. The Morgan fingerprint density at radius 2 is 1.85 bits per heavy atom. The summed E-state index contributed by atoms with van der Waals surface area (Å²) in [5.74, 6) is 0.469. The molecule has 1 atom stereocenters. The molecule has 1 saturated heterocycles. The van der Waals surface area contributed by atoms with Crippen LogP contribution in [0.4, 0.5) is 0 Å². The fourth-order valence-corrected chi connectivity index (χ4v) is 3.26. The number of hydrogen-bond acceptors (Lipinski definition) is 5. The lowest BCUT2D eigenvalue weighted by molar-refractivity contribution is 0.0679. The van der Waals surface area contributed by atoms with Crippen LogP contribution in [0.2, 0.25) is 0 Å². The highest BCUT2D eigenvalue weighted by molar-refractivity contribution is 7.89. The van der Waals surface area contributed by atoms with Crippen molar-refractivity contribution in [3.63, 3.8) is 0 Å². The van der Waals surface area contributed by atoms with Gasteiger partial charge in [-0.05, 0) is 54.8 Å². The third-order valence-corrected chi connectivity index (χ3v) is 5.21. The summed E-state index contributed by atoms with van der Waals surface area (Å²) in [6.07, 6.45) is 2.23. The average Bonchev–Trinajstić information content (AvgIpc) is 3.18. The number of nitrogens with one attached hydrogen (secondary N) is 1. The Balaban J connectivity index is 1.50. The number of amides is 1. The molecular formula is C19H22N2O5S. The van der Waals surface area contributed by atoms with Crippen LogP contribution in [-0.2, 0) is 21.3 Å². The highest BCUT2D eigenvalue weighted by atomic mass is 32.2. The van der Waals surface area contributed by atoms with E-state index in [1.54, 1.807) is 36.4 Å². The van der Waals surface area contributed by atoms with Crippen LogP contribution in [0.15, 0.2) is 53.4 Å². The predicted octanol–water partition coefficient (Wildman–Crippen LogP) is 1.82. The second-order valence-electron chi connectivity index (χ2n) is 6.34. The van der Waals surface area contributed by atoms with E-state index < -0.39 is 10.0 Å². The molecule has 1 amide bonds. The zero-order chi connectivity index (χ0) is 19.3. The minimum atomic E-state index is -3.72. The molecule has 0 saturated carbocycles. The Labute approximate surface area is 158 Å². The van der Waals surface area contributed by atoms with Crippen molar-refractivity contribution in [2.45, 2.75) is 30.4 Å². The van der Waals surface area contributed by atoms with Gasteiger partial charge in [-0.2, -0.15) is 0 Å². The van der Waals surface area contributed by atoms with Crippen molar-refractivity contribution in [1.29, 1.82) is 0 Å². The summed E-state index contributed by atoms with van der Waals surface area (Å²) in [5.41, 5.74) is 1.29. The zero-order valence-corrected chi connectivity index (χ0v) is 15.6. The maximum atomic E-state index is 12.2. The molecule has 3 N–H and O–H groups in total. The van der Waals surface area contributed by atoms with Gasteiger partial charge >= 0.3 is 0 Å². The molecule has 0 spiro atoms. The van der Waals surface area contributed by atoms with Gasteiger partial charge in [-0.25, -0.2) is 13.6 Å². The van der Waals surface area contributed by atoms with Crippen LogP contribution in [0.3, 0.4) is 0 Å². The Morgan fingerprint density at radius 3 is 2.44 bits per heavy atom. The molecule has 0 unspecified atom stereocenters. The number of carbonyl (C=O) groups is 1. The lowest BCUT2D eigenvalue weighted by Crippen LogP contribution is -2.22. The smallest absolute Gasteiger partial charge is 0.251 e. The van der Waals surface area contributed by atoms with Crippen LogP contribution < -0.4 is 15.2 Å². The highest BCUT2D eigenvalue weighted by Gasteiger charge is 2.16. The van der Waals surface area contributed by atoms with Crippen molar-refractivity contribution in [3.05, 3.63) is 59.7 Å². The van der Waals surface area contributed by atoms with Crippen molar-refractivity contribution < 1.29 is 22.7 Å². The summed E-state index contributed by atoms with van der Waals surface area (Å²) < 4.78 is 33.7. The molecule has 2 aromatic rings. The van der Waals surface area contributed by atoms with E-state index in [9.17, 15) is 13.2 Å². The van der Waals surface area contributed by atoms with Crippen molar-refractivity contribution in [2.24, 2.45) is 5.14 Å². The Bertz CT molecular complexity index is 873. The normalized spacial score (nSPS) is 16.9. The van der Waals surface area contributed by atoms with Gasteiger partial charge in [0, 0.05) is 18.7 Å². The molecule has 7 nitrogen and oxygen atoms in total. The maximum absolute atomic E-state index is 12.2. The molecule has 1 aliphatic rings. The van der Waals surface area contributed by atoms with E-state index >= 15 is 0 Å². The van der Waals surface area contributed by atoms with E-state index in [2.05, 4.69) is 5.32 Å². The first-order valence-electron chi connectivity index (χ1n) is 8.66. The molecular weight excluding hydrogens is 368 g/mol. The van der Waals surface area contributed by atoms with Crippen LogP contribution >= 0.6 is 0 Å². The van der Waals surface area contributed by atoms with Gasteiger partial charge in [0.25, 0.3) is 5.91 Å². The average molecular weight is 390 g/mol. The molecule has 3 rings (SSSR count). The third kappa shape index (κ3) is 5.53. The quantitative estimate of drug-likeness (QED) is 0.750. The second-order valence-corrected chi connectivity index (χ2v) is 7.90. The topological polar surface area (TPSA) is 108 Å². The summed E-state index contributed by atoms with van der Waals surface area (Å²) in [6.45, 7) is 1.58. The molecule has 1 heterocycles. The van der Waals surface area contributed by atoms with Crippen molar-refractivity contribution >= 4 is 15.9 Å². The van der Waals surface area contributed by atoms with E-state index in [0.717, 1.165) is 25.0 Å². The Hall–Kier alpha value is -2.42. The van der Waals surface area contributed by atoms with Crippen LogP contribution in [-0.4, -0.2) is 33.6 Å². The van der Waals surface area contributed by atoms with Gasteiger partial charge in [0.05, 0.1) is 11.0 Å². The van der Waals surface area contributed by atoms with E-state index in [1.807, 2.05) is 0 Å². The van der Waals surface area contributed by atoms with Gasteiger partial charge in [-0.1, -0.05) is 12.1 Å². The highest BCUT2D eigenvalue weighted by Crippen LogP contribution is 2.17. The largest absolute Gasteiger partial charge is 0.491 e. The second kappa shape index (κ2) is 8.51. The van der Waals surface area contributed by atoms with Gasteiger partial charge in [-0.15, -0.1) is 0 Å². The number of rotatable bonds is 7. The first-order valence-corrected chi connectivity index (χ1v) is 10.2. The lowest BCUT2D eigenvalue weighted by Gasteiger charge is -2.12. The summed E-state index contributed by atoms with van der Waals surface area (Å²) in [6, 6.07) is 13.0. The number of sulfonamides is 1. The van der Waals surface area contributed by atoms with Gasteiger partial charge in [0.1, 0.15) is 12.4 Å². The van der Waals surface area contributed by atoms with E-state index in [-0.39, 0.29) is 23.5 Å². The summed E-state index contributed by atoms with van der Waals surface area (Å²) in [5, 5.41) is 7.85. The molecule has 0 bridgehead atoms. The maximum Gasteiger partial charge on any atom is 0.251 e. The molecule has 1 fully saturated rings. The molecule has 144 valence electrons. The molecule has 8 heteroatoms. The van der Waals surface area contributed by atoms with E-state index in [1.165, 1.54) is 12.1 Å². The molecule has 0 radical (unpaired) electrons. The number of benzene rings is 2. The first-order chi connectivity index (χ1) is 12.9. The first kappa shape index (κ1) is 19.3. The van der Waals surface area contributed by atoms with Crippen LogP contribution in [0.1, 0.15) is 28.8 Å². The monoisotopic (exact) mass is 390 g/mol.